The first-order chi connectivity index (χ1) is 24.5. The summed E-state index contributed by atoms with van der Waals surface area (Å²) in [7, 11) is 1.53. The number of hydrogen-bond donors (Lipinski definition) is 3. The third kappa shape index (κ3) is 35.9. The fourth-order valence-corrected chi connectivity index (χ4v) is 5.47. The van der Waals surface area contributed by atoms with Crippen LogP contribution in [0.5, 0.6) is 0 Å². The Morgan fingerprint density at radius 2 is 1.18 bits per heavy atom. The van der Waals surface area contributed by atoms with Crippen LogP contribution in [0.3, 0.4) is 0 Å². The van der Waals surface area contributed by atoms with Gasteiger partial charge in [0.2, 0.25) is 5.91 Å². The molecule has 0 aliphatic rings. The molecule has 0 spiro atoms. The Balaban J connectivity index is 4.16. The zero-order valence-electron chi connectivity index (χ0n) is 32.8. The molecule has 0 aromatic carbocycles. The zero-order chi connectivity index (χ0) is 37.9. The summed E-state index contributed by atoms with van der Waals surface area (Å²) >= 11 is 0. The lowest BCUT2D eigenvalue weighted by Gasteiger charge is -2.25. The molecule has 51 heavy (non-hydrogen) atoms. The zero-order valence-corrected chi connectivity index (χ0v) is 33.7. The van der Waals surface area contributed by atoms with E-state index in [1.54, 1.807) is 6.08 Å². The first kappa shape index (κ1) is 48.7. The minimum atomic E-state index is -4.32. The maximum atomic E-state index is 12.7. The maximum Gasteiger partial charge on any atom is 0.472 e. The van der Waals surface area contributed by atoms with Crippen molar-refractivity contribution in [3.8, 4) is 0 Å². The summed E-state index contributed by atoms with van der Waals surface area (Å²) in [5, 5.41) is 13.5. The number of allylic oxidation sites excluding steroid dienone is 13. The lowest BCUT2D eigenvalue weighted by atomic mass is 10.1. The van der Waals surface area contributed by atoms with Crippen molar-refractivity contribution in [3.05, 3.63) is 85.1 Å². The third-order valence-corrected chi connectivity index (χ3v) is 8.86. The third-order valence-electron chi connectivity index (χ3n) is 7.87. The molecule has 0 saturated heterocycles. The fourth-order valence-electron chi connectivity index (χ4n) is 4.73. The molecule has 292 valence electrons. The van der Waals surface area contributed by atoms with E-state index in [-0.39, 0.29) is 19.1 Å². The molecule has 3 unspecified atom stereocenters. The van der Waals surface area contributed by atoms with Gasteiger partial charge in [-0.1, -0.05) is 137 Å². The fraction of sp³-hybridized carbons (Fsp3) is 0.643. The second kappa shape index (κ2) is 33.5. The number of carbonyl (C=O) groups excluding carboxylic acids is 1. The Bertz CT molecular complexity index is 1100. The van der Waals surface area contributed by atoms with Crippen molar-refractivity contribution in [2.24, 2.45) is 0 Å². The number of nitrogens with one attached hydrogen (secondary N) is 1. The molecule has 0 aromatic heterocycles. The minimum absolute atomic E-state index is 0.0519. The summed E-state index contributed by atoms with van der Waals surface area (Å²) in [6, 6.07) is -0.855. The van der Waals surface area contributed by atoms with Crippen LogP contribution in [0, 0.1) is 0 Å². The summed E-state index contributed by atoms with van der Waals surface area (Å²) in [6.45, 7) is 4.49. The van der Waals surface area contributed by atoms with Crippen molar-refractivity contribution in [1.82, 2.24) is 5.32 Å². The summed E-state index contributed by atoms with van der Waals surface area (Å²) in [6.07, 6.45) is 45.7. The van der Waals surface area contributed by atoms with E-state index >= 15 is 0 Å². The highest BCUT2D eigenvalue weighted by Crippen LogP contribution is 2.43. The standard InChI is InChI=1S/C42H73N2O6P/c1-6-8-10-12-13-14-15-16-17-18-19-20-21-22-23-24-25-26-27-28-29-30-31-32-34-36-42(46)43-40(41(45)35-33-11-9-7-2)39-50-51(47,48)49-38-37-44(3,4)5/h8,10,13-14,16-17,19-20,22-23,25-26,33,35,40-41,45H,6-7,9,11-12,15,18,21,24,27-32,34,36-39H2,1-5H3,(H-,43,46,47,48)/p+1/b10-8-,14-13-,17-16-,20-19-,23-22-,26-25-,35-33+. The Morgan fingerprint density at radius 1 is 0.686 bits per heavy atom. The summed E-state index contributed by atoms with van der Waals surface area (Å²) in [4.78, 5) is 22.8. The number of hydrogen-bond acceptors (Lipinski definition) is 5. The van der Waals surface area contributed by atoms with Crippen molar-refractivity contribution in [2.75, 3.05) is 40.9 Å². The van der Waals surface area contributed by atoms with E-state index < -0.39 is 20.0 Å². The van der Waals surface area contributed by atoms with Gasteiger partial charge in [-0.3, -0.25) is 13.8 Å². The highest BCUT2D eigenvalue weighted by atomic mass is 31.2. The predicted octanol–water partition coefficient (Wildman–Crippen LogP) is 10.2. The van der Waals surface area contributed by atoms with E-state index in [0.29, 0.717) is 17.4 Å². The molecule has 3 N–H and O–H groups in total. The second-order valence-electron chi connectivity index (χ2n) is 13.9. The molecule has 0 aromatic rings. The van der Waals surface area contributed by atoms with E-state index in [4.69, 9.17) is 9.05 Å². The van der Waals surface area contributed by atoms with Crippen LogP contribution in [0.2, 0.25) is 0 Å². The molecule has 0 fully saturated rings. The van der Waals surface area contributed by atoms with Gasteiger partial charge in [0.15, 0.2) is 0 Å². The van der Waals surface area contributed by atoms with Gasteiger partial charge in [-0.2, -0.15) is 0 Å². The topological polar surface area (TPSA) is 105 Å². The number of quaternary nitrogens is 1. The molecule has 0 rings (SSSR count). The van der Waals surface area contributed by atoms with Gasteiger partial charge in [0.1, 0.15) is 13.2 Å². The number of amides is 1. The smallest absolute Gasteiger partial charge is 0.387 e. The molecule has 0 radical (unpaired) electrons. The van der Waals surface area contributed by atoms with Crippen molar-refractivity contribution in [1.29, 1.82) is 0 Å². The van der Waals surface area contributed by atoms with Gasteiger partial charge in [0.25, 0.3) is 0 Å². The largest absolute Gasteiger partial charge is 0.472 e. The van der Waals surface area contributed by atoms with E-state index in [0.717, 1.165) is 89.9 Å². The summed E-state index contributed by atoms with van der Waals surface area (Å²) < 4.78 is 23.2. The molecular weight excluding hydrogens is 659 g/mol. The second-order valence-corrected chi connectivity index (χ2v) is 15.4. The van der Waals surface area contributed by atoms with Crippen LogP contribution >= 0.6 is 7.82 Å². The Kier molecular flexibility index (Phi) is 32.0. The summed E-state index contributed by atoms with van der Waals surface area (Å²) in [5.41, 5.74) is 0. The highest BCUT2D eigenvalue weighted by molar-refractivity contribution is 7.47. The number of rotatable bonds is 33. The van der Waals surface area contributed by atoms with Crippen LogP contribution in [0.1, 0.15) is 123 Å². The van der Waals surface area contributed by atoms with Crippen molar-refractivity contribution in [2.45, 2.75) is 135 Å². The number of phosphoric ester groups is 1. The van der Waals surface area contributed by atoms with Crippen LogP contribution < -0.4 is 5.32 Å². The van der Waals surface area contributed by atoms with Gasteiger partial charge in [0, 0.05) is 6.42 Å². The quantitative estimate of drug-likeness (QED) is 0.0268. The molecule has 0 heterocycles. The van der Waals surface area contributed by atoms with Crippen molar-refractivity contribution >= 4 is 13.7 Å². The molecule has 0 saturated carbocycles. The van der Waals surface area contributed by atoms with Crippen LogP contribution in [0.25, 0.3) is 0 Å². The lowest BCUT2D eigenvalue weighted by Crippen LogP contribution is -2.45. The monoisotopic (exact) mass is 734 g/mol. The Hall–Kier alpha value is -2.32. The average Bonchev–Trinajstić information content (AvgIpc) is 3.07. The molecule has 3 atom stereocenters. The normalized spacial score (nSPS) is 15.5. The lowest BCUT2D eigenvalue weighted by molar-refractivity contribution is -0.870. The van der Waals surface area contributed by atoms with E-state index in [1.807, 2.05) is 27.2 Å². The number of carbonyl (C=O) groups is 1. The Labute approximate surface area is 312 Å². The number of nitrogens with zero attached hydrogens (tertiary/aromatic N) is 1. The SMILES string of the molecule is CC/C=C\C/C=C\C/C=C\C/C=C\C/C=C\C/C=C\CCCCCCCCC(=O)NC(COP(=O)(O)OCC[N+](C)(C)C)C(O)/C=C/CCCC. The molecular formula is C42H74N2O6P+. The van der Waals surface area contributed by atoms with Crippen LogP contribution in [-0.4, -0.2) is 73.4 Å². The number of unbranched alkanes of at least 4 members (excludes halogenated alkanes) is 8. The molecule has 0 aliphatic carbocycles. The first-order valence-electron chi connectivity index (χ1n) is 19.5. The van der Waals surface area contributed by atoms with Crippen LogP contribution in [0.15, 0.2) is 85.1 Å². The molecule has 0 aliphatic heterocycles. The van der Waals surface area contributed by atoms with E-state index in [1.165, 1.54) is 12.8 Å². The van der Waals surface area contributed by atoms with Gasteiger partial charge in [0.05, 0.1) is 39.9 Å². The van der Waals surface area contributed by atoms with Gasteiger partial charge in [-0.05, 0) is 64.2 Å². The molecule has 0 bridgehead atoms. The molecule has 1 amide bonds. The van der Waals surface area contributed by atoms with E-state index in [2.05, 4.69) is 92.1 Å². The van der Waals surface area contributed by atoms with Crippen LogP contribution in [0.4, 0.5) is 0 Å². The van der Waals surface area contributed by atoms with Crippen molar-refractivity contribution in [3.63, 3.8) is 0 Å². The maximum absolute atomic E-state index is 12.7. The van der Waals surface area contributed by atoms with Gasteiger partial charge in [-0.25, -0.2) is 4.57 Å². The van der Waals surface area contributed by atoms with E-state index in [9.17, 15) is 19.4 Å². The Morgan fingerprint density at radius 3 is 1.71 bits per heavy atom. The van der Waals surface area contributed by atoms with Gasteiger partial charge >= 0.3 is 7.82 Å². The number of aliphatic hydroxyl groups is 1. The summed E-state index contributed by atoms with van der Waals surface area (Å²) in [5.74, 6) is -0.207. The number of phosphoric acid groups is 1. The van der Waals surface area contributed by atoms with Crippen LogP contribution in [-0.2, 0) is 18.4 Å². The average molecular weight is 734 g/mol. The predicted molar refractivity (Wildman–Crippen MR) is 216 cm³/mol. The first-order valence-corrected chi connectivity index (χ1v) is 21.0. The van der Waals surface area contributed by atoms with Crippen molar-refractivity contribution < 1.29 is 32.9 Å². The molecule has 8 nitrogen and oxygen atoms in total. The van der Waals surface area contributed by atoms with Gasteiger partial charge in [-0.15, -0.1) is 0 Å². The molecule has 9 heteroatoms. The minimum Gasteiger partial charge on any atom is -0.387 e. The number of aliphatic hydroxyl groups excluding tert-OH is 1. The van der Waals surface area contributed by atoms with Gasteiger partial charge < -0.3 is 19.8 Å². The number of likely N-dealkylation sites (N-methyl/N-ethyl adjacent to an activating group) is 1. The highest BCUT2D eigenvalue weighted by Gasteiger charge is 2.27.